The number of rotatable bonds is 7. The van der Waals surface area contributed by atoms with Gasteiger partial charge >= 0.3 is 12.0 Å². The molecule has 20 heavy (non-hydrogen) atoms. The number of urea groups is 1. The van der Waals surface area contributed by atoms with Gasteiger partial charge in [-0.1, -0.05) is 23.7 Å². The van der Waals surface area contributed by atoms with Gasteiger partial charge in [0.05, 0.1) is 0 Å². The highest BCUT2D eigenvalue weighted by Gasteiger charge is 2.07. The fourth-order valence-electron chi connectivity index (χ4n) is 1.69. The normalized spacial score (nSPS) is 11.7. The third kappa shape index (κ3) is 6.99. The number of hydrogen-bond acceptors (Lipinski definition) is 2. The Hall–Kier alpha value is -1.75. The Balaban J connectivity index is 2.22. The highest BCUT2D eigenvalue weighted by Crippen LogP contribution is 2.09. The number of benzene rings is 1. The van der Waals surface area contributed by atoms with Crippen LogP contribution < -0.4 is 10.6 Å². The Morgan fingerprint density at radius 3 is 2.55 bits per heavy atom. The average molecular weight is 299 g/mol. The Labute approximate surface area is 123 Å². The molecule has 0 saturated carbocycles. The second kappa shape index (κ2) is 8.43. The summed E-state index contributed by atoms with van der Waals surface area (Å²) < 4.78 is 0. The van der Waals surface area contributed by atoms with Crippen LogP contribution >= 0.6 is 11.6 Å². The van der Waals surface area contributed by atoms with Crippen LogP contribution in [-0.2, 0) is 11.3 Å². The number of carboxylic acid groups (broad SMARTS) is 1. The number of hydrogen-bond donors (Lipinski definition) is 3. The molecule has 6 heteroatoms. The molecular weight excluding hydrogens is 280 g/mol. The minimum absolute atomic E-state index is 0.0560. The van der Waals surface area contributed by atoms with Crippen LogP contribution in [0.25, 0.3) is 0 Å². The van der Waals surface area contributed by atoms with Gasteiger partial charge in [0.2, 0.25) is 0 Å². The van der Waals surface area contributed by atoms with Crippen LogP contribution in [0.1, 0.15) is 31.7 Å². The molecule has 1 atom stereocenters. The molecule has 0 radical (unpaired) electrons. The smallest absolute Gasteiger partial charge is 0.315 e. The SMILES string of the molecule is CC(CCCC(=O)O)NC(=O)NCc1ccc(Cl)cc1. The molecule has 5 nitrogen and oxygen atoms in total. The third-order valence-corrected chi connectivity index (χ3v) is 3.02. The van der Waals surface area contributed by atoms with Crippen molar-refractivity contribution in [3.63, 3.8) is 0 Å². The van der Waals surface area contributed by atoms with E-state index in [-0.39, 0.29) is 18.5 Å². The van der Waals surface area contributed by atoms with Gasteiger partial charge in [-0.05, 0) is 37.5 Å². The van der Waals surface area contributed by atoms with Gasteiger partial charge in [-0.2, -0.15) is 0 Å². The van der Waals surface area contributed by atoms with E-state index in [2.05, 4.69) is 10.6 Å². The van der Waals surface area contributed by atoms with E-state index in [1.165, 1.54) is 0 Å². The maximum Gasteiger partial charge on any atom is 0.315 e. The highest BCUT2D eigenvalue weighted by molar-refractivity contribution is 6.30. The lowest BCUT2D eigenvalue weighted by Crippen LogP contribution is -2.40. The molecule has 0 saturated heterocycles. The summed E-state index contributed by atoms with van der Waals surface area (Å²) in [5.41, 5.74) is 0.961. The molecule has 2 amide bonds. The second-order valence-corrected chi connectivity index (χ2v) is 5.08. The molecule has 0 bridgehead atoms. The molecule has 0 fully saturated rings. The molecule has 0 heterocycles. The Morgan fingerprint density at radius 2 is 1.95 bits per heavy atom. The highest BCUT2D eigenvalue weighted by atomic mass is 35.5. The number of carboxylic acids is 1. The fraction of sp³-hybridized carbons (Fsp3) is 0.429. The first-order valence-corrected chi connectivity index (χ1v) is 6.86. The molecule has 3 N–H and O–H groups in total. The number of aliphatic carboxylic acids is 1. The maximum atomic E-state index is 11.6. The molecule has 0 spiro atoms. The summed E-state index contributed by atoms with van der Waals surface area (Å²) in [6, 6.07) is 6.91. The zero-order valence-corrected chi connectivity index (χ0v) is 12.1. The van der Waals surface area contributed by atoms with Crippen LogP contribution in [0.3, 0.4) is 0 Å². The van der Waals surface area contributed by atoms with Crippen molar-refractivity contribution in [3.05, 3.63) is 34.9 Å². The zero-order chi connectivity index (χ0) is 15.0. The van der Waals surface area contributed by atoms with Crippen LogP contribution in [0.5, 0.6) is 0 Å². The summed E-state index contributed by atoms with van der Waals surface area (Å²) in [6.07, 6.45) is 1.31. The predicted octanol–water partition coefficient (Wildman–Crippen LogP) is 2.78. The summed E-state index contributed by atoms with van der Waals surface area (Å²) in [7, 11) is 0. The lowest BCUT2D eigenvalue weighted by atomic mass is 10.1. The van der Waals surface area contributed by atoms with Gasteiger partial charge in [-0.25, -0.2) is 4.79 Å². The van der Waals surface area contributed by atoms with Crippen LogP contribution in [0.2, 0.25) is 5.02 Å². The molecule has 0 aliphatic rings. The van der Waals surface area contributed by atoms with Crippen LogP contribution in [-0.4, -0.2) is 23.1 Å². The van der Waals surface area contributed by atoms with Crippen LogP contribution in [0, 0.1) is 0 Å². The van der Waals surface area contributed by atoms with E-state index in [9.17, 15) is 9.59 Å². The summed E-state index contributed by atoms with van der Waals surface area (Å²) >= 11 is 5.77. The minimum atomic E-state index is -0.815. The number of halogens is 1. The van der Waals surface area contributed by atoms with E-state index in [1.807, 2.05) is 19.1 Å². The van der Waals surface area contributed by atoms with E-state index in [1.54, 1.807) is 12.1 Å². The molecule has 110 valence electrons. The zero-order valence-electron chi connectivity index (χ0n) is 11.4. The van der Waals surface area contributed by atoms with E-state index < -0.39 is 5.97 Å². The summed E-state index contributed by atoms with van der Waals surface area (Å²) in [6.45, 7) is 2.27. The fourth-order valence-corrected chi connectivity index (χ4v) is 1.82. The third-order valence-electron chi connectivity index (χ3n) is 2.77. The van der Waals surface area contributed by atoms with Crippen molar-refractivity contribution in [3.8, 4) is 0 Å². The van der Waals surface area contributed by atoms with Crippen molar-refractivity contribution >= 4 is 23.6 Å². The second-order valence-electron chi connectivity index (χ2n) is 4.64. The number of nitrogens with one attached hydrogen (secondary N) is 2. The van der Waals surface area contributed by atoms with Crippen molar-refractivity contribution in [2.45, 2.75) is 38.8 Å². The molecule has 0 aromatic heterocycles. The molecule has 0 aliphatic carbocycles. The standard InChI is InChI=1S/C14H19ClN2O3/c1-10(3-2-4-13(18)19)17-14(20)16-9-11-5-7-12(15)8-6-11/h5-8,10H,2-4,9H2,1H3,(H,18,19)(H2,16,17,20). The van der Waals surface area contributed by atoms with E-state index in [4.69, 9.17) is 16.7 Å². The van der Waals surface area contributed by atoms with Crippen LogP contribution in [0.15, 0.2) is 24.3 Å². The first-order chi connectivity index (χ1) is 9.47. The number of carbonyl (C=O) groups is 2. The Bertz CT molecular complexity index is 448. The maximum absolute atomic E-state index is 11.6. The van der Waals surface area contributed by atoms with Crippen molar-refractivity contribution in [1.29, 1.82) is 0 Å². The molecule has 0 aliphatic heterocycles. The van der Waals surface area contributed by atoms with Gasteiger partial charge < -0.3 is 15.7 Å². The van der Waals surface area contributed by atoms with Crippen molar-refractivity contribution in [2.75, 3.05) is 0 Å². The van der Waals surface area contributed by atoms with Gasteiger partial charge in [-0.15, -0.1) is 0 Å². The monoisotopic (exact) mass is 298 g/mol. The van der Waals surface area contributed by atoms with E-state index in [0.29, 0.717) is 24.4 Å². The number of carbonyl (C=O) groups excluding carboxylic acids is 1. The summed E-state index contributed by atoms with van der Waals surface area (Å²) in [4.78, 5) is 22.0. The first kappa shape index (κ1) is 16.3. The lowest BCUT2D eigenvalue weighted by Gasteiger charge is -2.14. The molecule has 1 aromatic rings. The molecule has 1 rings (SSSR count). The van der Waals surface area contributed by atoms with Crippen molar-refractivity contribution in [1.82, 2.24) is 10.6 Å². The number of amides is 2. The summed E-state index contributed by atoms with van der Waals surface area (Å²) in [5.74, 6) is -0.815. The quantitative estimate of drug-likeness (QED) is 0.724. The first-order valence-electron chi connectivity index (χ1n) is 6.48. The Kier molecular flexibility index (Phi) is 6.87. The molecule has 1 aromatic carbocycles. The van der Waals surface area contributed by atoms with Crippen LogP contribution in [0.4, 0.5) is 4.79 Å². The van der Waals surface area contributed by atoms with Gasteiger partial charge in [0.25, 0.3) is 0 Å². The van der Waals surface area contributed by atoms with E-state index in [0.717, 1.165) is 5.56 Å². The van der Waals surface area contributed by atoms with Gasteiger partial charge in [0.1, 0.15) is 0 Å². The van der Waals surface area contributed by atoms with Crippen molar-refractivity contribution < 1.29 is 14.7 Å². The predicted molar refractivity (Wildman–Crippen MR) is 77.8 cm³/mol. The lowest BCUT2D eigenvalue weighted by molar-refractivity contribution is -0.137. The van der Waals surface area contributed by atoms with E-state index >= 15 is 0 Å². The largest absolute Gasteiger partial charge is 0.481 e. The molecular formula is C14H19ClN2O3. The Morgan fingerprint density at radius 1 is 1.30 bits per heavy atom. The van der Waals surface area contributed by atoms with Crippen molar-refractivity contribution in [2.24, 2.45) is 0 Å². The van der Waals surface area contributed by atoms with Gasteiger partial charge in [-0.3, -0.25) is 4.79 Å². The topological polar surface area (TPSA) is 78.4 Å². The average Bonchev–Trinajstić information content (AvgIpc) is 2.37. The van der Waals surface area contributed by atoms with Gasteiger partial charge in [0, 0.05) is 24.0 Å². The minimum Gasteiger partial charge on any atom is -0.481 e. The van der Waals surface area contributed by atoms with Gasteiger partial charge in [0.15, 0.2) is 0 Å². The summed E-state index contributed by atoms with van der Waals surface area (Å²) in [5, 5.41) is 14.7. The molecule has 1 unspecified atom stereocenters.